The lowest BCUT2D eigenvalue weighted by molar-refractivity contribution is 0.261. The van der Waals surface area contributed by atoms with E-state index in [0.29, 0.717) is 0 Å². The molecule has 0 aliphatic carbocycles. The van der Waals surface area contributed by atoms with Gasteiger partial charge in [0.05, 0.1) is 22.8 Å². The Bertz CT molecular complexity index is 2660. The minimum Gasteiger partial charge on any atom is -0.243 e. The van der Waals surface area contributed by atoms with E-state index >= 15 is 0 Å². The van der Waals surface area contributed by atoms with Crippen LogP contribution < -0.4 is 0 Å². The average molecular weight is 747 g/mol. The van der Waals surface area contributed by atoms with Gasteiger partial charge in [-0.1, -0.05) is 204 Å². The van der Waals surface area contributed by atoms with E-state index in [1.807, 2.05) is 0 Å². The summed E-state index contributed by atoms with van der Waals surface area (Å²) in [7, 11) is 0. The van der Waals surface area contributed by atoms with Crippen LogP contribution in [-0.2, 0) is 11.3 Å². The van der Waals surface area contributed by atoms with E-state index in [1.165, 1.54) is 22.3 Å². The van der Waals surface area contributed by atoms with Gasteiger partial charge in [-0.05, 0) is 49.2 Å². The molecule has 0 fully saturated rings. The smallest absolute Gasteiger partial charge is 0.227 e. The molecular formula is C54H42N4. The first-order chi connectivity index (χ1) is 28.3. The maximum absolute atomic E-state index is 6.04. The molecule has 0 N–H and O–H groups in total. The van der Waals surface area contributed by atoms with Crippen molar-refractivity contribution in [3.8, 4) is 0 Å². The Hall–Kier alpha value is -7.04. The monoisotopic (exact) mass is 746 g/mol. The number of rotatable bonds is 7. The second kappa shape index (κ2) is 13.9. The molecule has 0 atom stereocenters. The number of aliphatic imine (C=N–C) groups is 4. The summed E-state index contributed by atoms with van der Waals surface area (Å²) >= 11 is 0. The molecule has 2 heterocycles. The van der Waals surface area contributed by atoms with Crippen LogP contribution in [-0.4, -0.2) is 22.8 Å². The van der Waals surface area contributed by atoms with Crippen molar-refractivity contribution in [2.75, 3.05) is 0 Å². The Labute approximate surface area is 339 Å². The van der Waals surface area contributed by atoms with Crippen LogP contribution >= 0.6 is 0 Å². The van der Waals surface area contributed by atoms with E-state index in [4.69, 9.17) is 20.0 Å². The zero-order valence-electron chi connectivity index (χ0n) is 33.1. The van der Waals surface area contributed by atoms with E-state index in [9.17, 15) is 0 Å². The third-order valence-corrected chi connectivity index (χ3v) is 11.7. The molecule has 8 aromatic carbocycles. The first-order valence-electron chi connectivity index (χ1n) is 20.0. The van der Waals surface area contributed by atoms with Gasteiger partial charge in [-0.25, -0.2) is 20.0 Å². The molecule has 58 heavy (non-hydrogen) atoms. The van der Waals surface area contributed by atoms with Gasteiger partial charge in [0, 0.05) is 33.4 Å². The Kier molecular flexibility index (Phi) is 8.45. The highest BCUT2D eigenvalue weighted by molar-refractivity contribution is 6.56. The Morgan fingerprint density at radius 1 is 0.276 bits per heavy atom. The van der Waals surface area contributed by atoms with Crippen molar-refractivity contribution in [2.24, 2.45) is 20.0 Å². The van der Waals surface area contributed by atoms with E-state index in [-0.39, 0.29) is 0 Å². The van der Waals surface area contributed by atoms with Crippen molar-refractivity contribution >= 4 is 44.4 Å². The fourth-order valence-corrected chi connectivity index (χ4v) is 8.55. The zero-order chi connectivity index (χ0) is 39.4. The summed E-state index contributed by atoms with van der Waals surface area (Å²) in [5.41, 5.74) is 11.0. The first-order valence-corrected chi connectivity index (χ1v) is 20.0. The van der Waals surface area contributed by atoms with Crippen LogP contribution in [0.3, 0.4) is 0 Å². The summed E-state index contributed by atoms with van der Waals surface area (Å²) in [5, 5.41) is 4.30. The molecule has 0 unspecified atom stereocenters. The Morgan fingerprint density at radius 3 is 0.828 bits per heavy atom. The molecule has 0 amide bonds. The molecule has 4 heteroatoms. The molecule has 278 valence electrons. The van der Waals surface area contributed by atoms with Gasteiger partial charge >= 0.3 is 0 Å². The van der Waals surface area contributed by atoms with Gasteiger partial charge in [0.1, 0.15) is 0 Å². The summed E-state index contributed by atoms with van der Waals surface area (Å²) in [4.78, 5) is 24.2. The summed E-state index contributed by atoms with van der Waals surface area (Å²) in [6.45, 7) is 8.47. The lowest BCUT2D eigenvalue weighted by Crippen LogP contribution is -2.43. The third kappa shape index (κ3) is 5.75. The molecule has 0 saturated carbocycles. The van der Waals surface area contributed by atoms with Gasteiger partial charge in [-0.2, -0.15) is 0 Å². The number of hydrogen-bond donors (Lipinski definition) is 0. The lowest BCUT2D eigenvalue weighted by atomic mass is 9.78. The zero-order valence-corrected chi connectivity index (χ0v) is 33.1. The fraction of sp³-hybridized carbons (Fsp3) is 0.111. The summed E-state index contributed by atoms with van der Waals surface area (Å²) in [6, 6.07) is 64.6. The van der Waals surface area contributed by atoms with Gasteiger partial charge in [0.2, 0.25) is 11.3 Å². The maximum atomic E-state index is 6.04. The van der Waals surface area contributed by atoms with E-state index < -0.39 is 11.3 Å². The number of fused-ring (bicyclic) bond motifs is 2. The van der Waals surface area contributed by atoms with E-state index in [0.717, 1.165) is 77.8 Å². The molecule has 0 spiro atoms. The van der Waals surface area contributed by atoms with Crippen molar-refractivity contribution < 1.29 is 0 Å². The van der Waals surface area contributed by atoms with Crippen molar-refractivity contribution in [2.45, 2.75) is 39.0 Å². The van der Waals surface area contributed by atoms with Crippen LogP contribution in [0.15, 0.2) is 202 Å². The van der Waals surface area contributed by atoms with Gasteiger partial charge in [-0.15, -0.1) is 0 Å². The Balaban J connectivity index is 1.42. The highest BCUT2D eigenvalue weighted by atomic mass is 15.3. The standard InChI is InChI=1S/C54H42N4/c1-35-19-27-41(28-20-35)49-50(42-29-21-36(2)22-30-42)56-53(55-49,47-17-9-13-39-11-5-7-15-45(39)47)54(48-18-10-14-40-12-6-8-16-46(40)48)57-51(43-31-23-37(3)24-32-43)52(58-54)44-33-25-38(4)26-34-44/h5-34H,1-4H3. The maximum Gasteiger partial charge on any atom is 0.227 e. The number of nitrogens with zero attached hydrogens (tertiary/aromatic N) is 4. The van der Waals surface area contributed by atoms with E-state index in [1.54, 1.807) is 0 Å². The molecule has 4 nitrogen and oxygen atoms in total. The molecule has 0 bridgehead atoms. The second-order valence-electron chi connectivity index (χ2n) is 15.7. The molecule has 10 rings (SSSR count). The largest absolute Gasteiger partial charge is 0.243 e. The quantitative estimate of drug-likeness (QED) is 0.156. The molecular weight excluding hydrogens is 705 g/mol. The first kappa shape index (κ1) is 35.4. The van der Waals surface area contributed by atoms with Gasteiger partial charge in [-0.3, -0.25) is 0 Å². The second-order valence-corrected chi connectivity index (χ2v) is 15.7. The summed E-state index contributed by atoms with van der Waals surface area (Å²) in [5.74, 6) is 0. The van der Waals surface area contributed by atoms with Crippen molar-refractivity contribution in [1.29, 1.82) is 0 Å². The topological polar surface area (TPSA) is 49.4 Å². The highest BCUT2D eigenvalue weighted by Gasteiger charge is 2.61. The SMILES string of the molecule is Cc1ccc(C2=NC(c3cccc4ccccc34)(C3(c4cccc5ccccc45)N=C(c4ccc(C)cc4)C(c4ccc(C)cc4)=N3)N=C2c2ccc(C)cc2)cc1. The molecule has 2 aliphatic rings. The normalized spacial score (nSPS) is 15.6. The lowest BCUT2D eigenvalue weighted by Gasteiger charge is -2.39. The predicted molar refractivity (Wildman–Crippen MR) is 242 cm³/mol. The third-order valence-electron chi connectivity index (χ3n) is 11.7. The van der Waals surface area contributed by atoms with Gasteiger partial charge in [0.15, 0.2) is 0 Å². The molecule has 0 aromatic heterocycles. The van der Waals surface area contributed by atoms with Crippen LogP contribution in [0.1, 0.15) is 55.6 Å². The number of hydrogen-bond acceptors (Lipinski definition) is 4. The fourth-order valence-electron chi connectivity index (χ4n) is 8.55. The minimum atomic E-state index is -1.40. The van der Waals surface area contributed by atoms with Crippen LogP contribution in [0, 0.1) is 27.7 Å². The van der Waals surface area contributed by atoms with Crippen molar-refractivity contribution in [3.05, 3.63) is 238 Å². The van der Waals surface area contributed by atoms with E-state index in [2.05, 4.69) is 210 Å². The van der Waals surface area contributed by atoms with Crippen molar-refractivity contribution in [3.63, 3.8) is 0 Å². The predicted octanol–water partition coefficient (Wildman–Crippen LogP) is 12.2. The van der Waals surface area contributed by atoms with Gasteiger partial charge in [0.25, 0.3) is 0 Å². The minimum absolute atomic E-state index is 0.808. The van der Waals surface area contributed by atoms with Crippen LogP contribution in [0.5, 0.6) is 0 Å². The Morgan fingerprint density at radius 2 is 0.534 bits per heavy atom. The highest BCUT2D eigenvalue weighted by Crippen LogP contribution is 2.57. The number of benzene rings is 8. The summed E-state index contributed by atoms with van der Waals surface area (Å²) in [6.07, 6.45) is 0. The molecule has 8 aromatic rings. The van der Waals surface area contributed by atoms with Gasteiger partial charge < -0.3 is 0 Å². The molecule has 0 radical (unpaired) electrons. The number of aryl methyl sites for hydroxylation is 4. The summed E-state index contributed by atoms with van der Waals surface area (Å²) < 4.78 is 0. The van der Waals surface area contributed by atoms with Crippen LogP contribution in [0.2, 0.25) is 0 Å². The molecule has 0 saturated heterocycles. The van der Waals surface area contributed by atoms with Crippen LogP contribution in [0.25, 0.3) is 21.5 Å². The molecule has 2 aliphatic heterocycles. The van der Waals surface area contributed by atoms with Crippen LogP contribution in [0.4, 0.5) is 0 Å². The average Bonchev–Trinajstić information content (AvgIpc) is 3.87. The van der Waals surface area contributed by atoms with Crippen molar-refractivity contribution in [1.82, 2.24) is 0 Å².